The van der Waals surface area contributed by atoms with E-state index in [1.54, 1.807) is 83.3 Å². The number of nitrogens with one attached hydrogen (secondary N) is 2. The van der Waals surface area contributed by atoms with Crippen LogP contribution in [0.3, 0.4) is 0 Å². The van der Waals surface area contributed by atoms with Gasteiger partial charge in [-0.15, -0.1) is 0 Å². The molecule has 0 aromatic heterocycles. The second-order valence-corrected chi connectivity index (χ2v) is 25.7. The fraction of sp³-hybridized carbons (Fsp3) is 0.529. The quantitative estimate of drug-likeness (QED) is 0.0338. The Labute approximate surface area is 568 Å². The van der Waals surface area contributed by atoms with Crippen molar-refractivity contribution in [1.82, 2.24) is 20.4 Å². The zero-order valence-electron chi connectivity index (χ0n) is 56.8. The molecule has 28 nitrogen and oxygen atoms in total. The molecule has 0 unspecified atom stereocenters. The molecule has 4 aliphatic rings. The molecule has 28 heteroatoms. The van der Waals surface area contributed by atoms with E-state index in [2.05, 4.69) is 10.6 Å². The Hall–Kier alpha value is -8.77. The summed E-state index contributed by atoms with van der Waals surface area (Å²) in [5.74, 6) is -3.35. The summed E-state index contributed by atoms with van der Waals surface area (Å²) in [5.41, 5.74) is 7.94. The summed E-state index contributed by atoms with van der Waals surface area (Å²) < 4.78 is 45.7. The number of aliphatic hydroxyl groups is 4. The van der Waals surface area contributed by atoms with Gasteiger partial charge in [-0.1, -0.05) is 76.2 Å². The largest absolute Gasteiger partial charge is 0.493 e. The van der Waals surface area contributed by atoms with Gasteiger partial charge in [0.05, 0.1) is 112 Å². The van der Waals surface area contributed by atoms with Crippen LogP contribution in [0.5, 0.6) is 23.0 Å². The van der Waals surface area contributed by atoms with E-state index in [9.17, 15) is 63.6 Å². The van der Waals surface area contributed by atoms with Crippen molar-refractivity contribution in [3.63, 3.8) is 0 Å². The predicted octanol–water partition coefficient (Wildman–Crippen LogP) is 4.15. The number of ether oxygens (including phenoxy) is 8. The average Bonchev–Trinajstić information content (AvgIpc) is 1.58. The van der Waals surface area contributed by atoms with Gasteiger partial charge in [-0.3, -0.25) is 33.6 Å². The molecule has 98 heavy (non-hydrogen) atoms. The molecule has 8 rings (SSSR count). The number of methoxy groups -OCH3 is 3. The number of aliphatic hydroxyl groups excluding tert-OH is 4. The zero-order chi connectivity index (χ0) is 71.2. The molecule has 0 bridgehead atoms. The maximum absolute atomic E-state index is 14.3. The third-order valence-electron chi connectivity index (χ3n) is 17.9. The normalized spacial score (nSPS) is 20.0. The molecule has 10 atom stereocenters. The topological polar surface area (TPSA) is 371 Å². The highest BCUT2D eigenvalue weighted by molar-refractivity contribution is 6.07. The molecule has 4 heterocycles. The number of hydrogen-bond donors (Lipinski definition) is 7. The molecule has 4 aliphatic heterocycles. The fourth-order valence-electron chi connectivity index (χ4n) is 12.0. The van der Waals surface area contributed by atoms with Gasteiger partial charge in [-0.05, 0) is 72.9 Å². The molecule has 2 saturated heterocycles. The van der Waals surface area contributed by atoms with Crippen molar-refractivity contribution < 1.29 is 101 Å². The Balaban J connectivity index is 0.912. The number of rotatable bonds is 32. The van der Waals surface area contributed by atoms with Crippen LogP contribution >= 0.6 is 0 Å². The van der Waals surface area contributed by atoms with Gasteiger partial charge in [-0.25, -0.2) is 19.4 Å². The Morgan fingerprint density at radius 3 is 1.39 bits per heavy atom. The highest BCUT2D eigenvalue weighted by Gasteiger charge is 2.50. The second-order valence-electron chi connectivity index (χ2n) is 25.7. The number of carbonyl (C=O) groups excluding carboxylic acids is 9. The molecule has 4 aromatic carbocycles. The highest BCUT2D eigenvalue weighted by Crippen LogP contribution is 2.44. The van der Waals surface area contributed by atoms with Gasteiger partial charge in [0.15, 0.2) is 47.0 Å². The van der Waals surface area contributed by atoms with Crippen LogP contribution < -0.4 is 45.1 Å². The Bertz CT molecular complexity index is 3510. The van der Waals surface area contributed by atoms with Gasteiger partial charge < -0.3 is 84.5 Å². The first-order valence-corrected chi connectivity index (χ1v) is 32.8. The first-order valence-electron chi connectivity index (χ1n) is 32.8. The smallest absolute Gasteiger partial charge is 0.416 e. The van der Waals surface area contributed by atoms with Gasteiger partial charge >= 0.3 is 12.2 Å². The zero-order valence-corrected chi connectivity index (χ0v) is 56.8. The molecule has 6 amide bonds. The summed E-state index contributed by atoms with van der Waals surface area (Å²) in [4.78, 5) is 126. The van der Waals surface area contributed by atoms with E-state index in [0.717, 1.165) is 9.80 Å². The minimum absolute atomic E-state index is 0.00231. The summed E-state index contributed by atoms with van der Waals surface area (Å²) in [5, 5.41) is 50.7. The van der Waals surface area contributed by atoms with Crippen molar-refractivity contribution in [3.8, 4) is 23.0 Å². The summed E-state index contributed by atoms with van der Waals surface area (Å²) in [6.45, 7) is 10.4. The van der Waals surface area contributed by atoms with E-state index in [4.69, 9.17) is 43.6 Å². The summed E-state index contributed by atoms with van der Waals surface area (Å²) in [6, 6.07) is 14.3. The van der Waals surface area contributed by atoms with Gasteiger partial charge in [0, 0.05) is 70.4 Å². The number of nitrogens with two attached hydrogens (primary N) is 1. The van der Waals surface area contributed by atoms with E-state index in [1.165, 1.54) is 48.3 Å². The van der Waals surface area contributed by atoms with Crippen LogP contribution in [0.1, 0.15) is 117 Å². The van der Waals surface area contributed by atoms with Crippen LogP contribution in [0, 0.1) is 17.8 Å². The first-order chi connectivity index (χ1) is 46.7. The molecule has 0 radical (unpaired) electrons. The van der Waals surface area contributed by atoms with Gasteiger partial charge in [0.1, 0.15) is 19.0 Å². The summed E-state index contributed by atoms with van der Waals surface area (Å²) in [6.07, 6.45) is -7.33. The number of anilines is 2. The van der Waals surface area contributed by atoms with Crippen molar-refractivity contribution in [2.75, 3.05) is 77.3 Å². The van der Waals surface area contributed by atoms with E-state index in [1.807, 2.05) is 13.8 Å². The van der Waals surface area contributed by atoms with Crippen molar-refractivity contribution >= 4 is 64.5 Å². The number of ketones is 3. The molecule has 8 N–H and O–H groups in total. The second kappa shape index (κ2) is 34.1. The number of Topliss-reactive ketones (excluding diaryl/α,β-unsaturated/α-hetero) is 3. The van der Waals surface area contributed by atoms with Crippen molar-refractivity contribution in [2.24, 2.45) is 23.5 Å². The van der Waals surface area contributed by atoms with Crippen LogP contribution in [-0.4, -0.2) is 206 Å². The molecular formula is C70H91N7O21. The Morgan fingerprint density at radius 1 is 0.551 bits per heavy atom. The van der Waals surface area contributed by atoms with Gasteiger partial charge in [0.25, 0.3) is 11.8 Å². The minimum atomic E-state index is -1.71. The number of amides is 6. The number of benzene rings is 4. The Kier molecular flexibility index (Phi) is 26.1. The highest BCUT2D eigenvalue weighted by atomic mass is 16.6. The third kappa shape index (κ3) is 18.3. The van der Waals surface area contributed by atoms with Crippen molar-refractivity contribution in [1.29, 1.82) is 0 Å². The summed E-state index contributed by atoms with van der Waals surface area (Å²) >= 11 is 0. The standard InChI is InChI=1S/C70H91N7O21/c1-38(2)49(27-46(78)19-22-94-24-23-91-7)63(83)72-40(5)56(81)25-42-11-15-44(16-12-42)36-97-69(89)76-52-32-60(58(92-8)30-50(52)65(85)74-34-47(79)28-54(74)67(76)87)95-20-10-21-96-61-33-53-51(31-59(61)93-9)66(86)75-35-48(80)29-55(75)68(88)77(53)70(90)98-37-45-17-13-43(14-18-45)26-57(82)41(6)73-64(84)62(71)39(3)4/h11-18,30-33,38-41,47-49,54-55,62,67-68,79-80,87-88H,10,19-29,34-37,71H2,1-9H3,(H,72,83)(H,73,84)/t40-,41-,47+,48+,49-,54+,55+,62-,67+,68+/m1/s1. The lowest BCUT2D eigenvalue weighted by Gasteiger charge is -2.31. The maximum atomic E-state index is 14.3. The van der Waals surface area contributed by atoms with E-state index in [0.29, 0.717) is 35.5 Å². The van der Waals surface area contributed by atoms with E-state index >= 15 is 0 Å². The van der Waals surface area contributed by atoms with Crippen LogP contribution in [-0.2, 0) is 69.0 Å². The first kappa shape index (κ1) is 75.0. The molecule has 0 spiro atoms. The number of fused-ring (bicyclic) bond motifs is 4. The SMILES string of the molecule is COCCOCCC(=O)C[C@@H](C(=O)N[C@H](C)C(=O)Cc1ccc(COC(=O)N2c3cc(OCCCOc4cc5c(cc4OC)C(=O)N4C[C@@H](O)C[C@H]4[C@H](O)N5C(=O)OCc4ccc(CC(=O)[C@@H](C)NC(=O)[C@H](N)C(C)C)cc4)c(OC)cc3C(=O)N3C[C@@H](O)C[C@H]3[C@@H]2O)cc1)C(C)C. The van der Waals surface area contributed by atoms with Crippen LogP contribution in [0.2, 0.25) is 0 Å². The number of nitrogens with zero attached hydrogens (tertiary/aromatic N) is 4. The lowest BCUT2D eigenvalue weighted by Crippen LogP contribution is -2.50. The van der Waals surface area contributed by atoms with Gasteiger partial charge in [0.2, 0.25) is 11.8 Å². The number of carbonyl (C=O) groups is 9. The van der Waals surface area contributed by atoms with Crippen LogP contribution in [0.15, 0.2) is 72.8 Å². The van der Waals surface area contributed by atoms with Crippen molar-refractivity contribution in [2.45, 2.75) is 155 Å². The lowest BCUT2D eigenvalue weighted by atomic mass is 9.88. The lowest BCUT2D eigenvalue weighted by molar-refractivity contribution is -0.133. The maximum Gasteiger partial charge on any atom is 0.416 e. The van der Waals surface area contributed by atoms with Crippen molar-refractivity contribution in [3.05, 3.63) is 106 Å². The average molecular weight is 1370 g/mol. The molecule has 532 valence electrons. The third-order valence-corrected chi connectivity index (χ3v) is 17.9. The fourth-order valence-corrected chi connectivity index (χ4v) is 12.0. The minimum Gasteiger partial charge on any atom is -0.493 e. The summed E-state index contributed by atoms with van der Waals surface area (Å²) in [7, 11) is 4.25. The molecule has 4 aromatic rings. The molecular weight excluding hydrogens is 1270 g/mol. The predicted molar refractivity (Wildman–Crippen MR) is 353 cm³/mol. The molecule has 0 saturated carbocycles. The molecule has 2 fully saturated rings. The monoisotopic (exact) mass is 1370 g/mol. The van der Waals surface area contributed by atoms with E-state index in [-0.39, 0.29) is 166 Å². The number of hydrogen-bond acceptors (Lipinski definition) is 22. The van der Waals surface area contributed by atoms with Gasteiger partial charge in [-0.2, -0.15) is 0 Å². The molecule has 0 aliphatic carbocycles. The van der Waals surface area contributed by atoms with E-state index < -0.39 is 96.6 Å². The van der Waals surface area contributed by atoms with Crippen LogP contribution in [0.4, 0.5) is 21.0 Å². The van der Waals surface area contributed by atoms with Crippen LogP contribution in [0.25, 0.3) is 0 Å². The Morgan fingerprint density at radius 2 is 0.980 bits per heavy atom.